The second-order valence-corrected chi connectivity index (χ2v) is 19.7. The van der Waals surface area contributed by atoms with Crippen molar-refractivity contribution in [2.45, 2.75) is 50.4 Å². The molecular formula is C64H51N. The van der Waals surface area contributed by atoms with E-state index in [2.05, 4.69) is 231 Å². The van der Waals surface area contributed by atoms with Crippen molar-refractivity contribution in [1.82, 2.24) is 0 Å². The standard InChI is InChI=1S/C64H51N/c1-63(2)59-25-11-9-22-55(59)57-24-14-23-53(62(57)63)47-19-13-20-49(38-47)65(51-34-36-56-54-21-10-12-26-60(54)64(61(56)40-51)41-42-27-32-48(64)37-42)50-33-35-52(58(39-50)45-17-7-4-8-18-45)46-30-28-44(29-31-46)43-15-5-3-6-16-43/h3-26,28-31,33-36,38-40,42,48H,27,32,37,41H2,1-2H3. The Morgan fingerprint density at radius 2 is 0.908 bits per heavy atom. The van der Waals surface area contributed by atoms with E-state index in [1.807, 2.05) is 0 Å². The molecule has 9 aromatic carbocycles. The Kier molecular flexibility index (Phi) is 8.63. The highest BCUT2D eigenvalue weighted by atomic mass is 15.1. The molecule has 1 nitrogen and oxygen atoms in total. The molecule has 1 heteroatoms. The molecule has 1 spiro atoms. The van der Waals surface area contributed by atoms with Gasteiger partial charge in [0.05, 0.1) is 0 Å². The summed E-state index contributed by atoms with van der Waals surface area (Å²) in [5, 5.41) is 0. The van der Waals surface area contributed by atoms with Gasteiger partial charge in [0.25, 0.3) is 0 Å². The zero-order chi connectivity index (χ0) is 43.3. The molecule has 2 fully saturated rings. The van der Waals surface area contributed by atoms with E-state index < -0.39 is 0 Å². The fourth-order valence-corrected chi connectivity index (χ4v) is 13.1. The predicted octanol–water partition coefficient (Wildman–Crippen LogP) is 17.2. The highest BCUT2D eigenvalue weighted by Crippen LogP contribution is 2.66. The Bertz CT molecular complexity index is 3300. The highest BCUT2D eigenvalue weighted by molar-refractivity contribution is 5.93. The van der Waals surface area contributed by atoms with Crippen molar-refractivity contribution in [2.24, 2.45) is 11.8 Å². The van der Waals surface area contributed by atoms with Crippen molar-refractivity contribution >= 4 is 17.1 Å². The lowest BCUT2D eigenvalue weighted by atomic mass is 9.67. The molecule has 13 rings (SSSR count). The number of anilines is 3. The lowest BCUT2D eigenvalue weighted by Gasteiger charge is -2.37. The highest BCUT2D eigenvalue weighted by Gasteiger charge is 2.56. The molecule has 0 aliphatic heterocycles. The fraction of sp³-hybridized carbons (Fsp3) is 0.156. The van der Waals surface area contributed by atoms with E-state index in [1.54, 1.807) is 5.56 Å². The largest absolute Gasteiger partial charge is 0.310 e. The number of benzene rings is 9. The molecule has 9 aromatic rings. The van der Waals surface area contributed by atoms with Gasteiger partial charge in [-0.15, -0.1) is 0 Å². The SMILES string of the molecule is CC1(C)c2ccccc2-c2cccc(-c3cccc(N(c4ccc(-c5ccc(-c6ccccc6)cc5)c(-c5ccccc5)c4)c4ccc5c(c4)C4(CC6CCC4C6)c4ccccc4-5)c3)c21. The van der Waals surface area contributed by atoms with Crippen molar-refractivity contribution in [3.8, 4) is 66.8 Å². The lowest BCUT2D eigenvalue weighted by molar-refractivity contribution is 0.327. The molecular weight excluding hydrogens is 783 g/mol. The molecule has 65 heavy (non-hydrogen) atoms. The molecule has 0 N–H and O–H groups in total. The van der Waals surface area contributed by atoms with Crippen molar-refractivity contribution in [3.05, 3.63) is 235 Å². The van der Waals surface area contributed by atoms with E-state index in [9.17, 15) is 0 Å². The molecule has 4 aliphatic carbocycles. The molecule has 0 aromatic heterocycles. The molecule has 2 bridgehead atoms. The van der Waals surface area contributed by atoms with Gasteiger partial charge in [-0.2, -0.15) is 0 Å². The van der Waals surface area contributed by atoms with Crippen LogP contribution < -0.4 is 4.90 Å². The first kappa shape index (κ1) is 38.3. The predicted molar refractivity (Wildman–Crippen MR) is 272 cm³/mol. The van der Waals surface area contributed by atoms with Gasteiger partial charge in [-0.25, -0.2) is 0 Å². The van der Waals surface area contributed by atoms with Crippen molar-refractivity contribution in [3.63, 3.8) is 0 Å². The van der Waals surface area contributed by atoms with Crippen LogP contribution in [0.2, 0.25) is 0 Å². The summed E-state index contributed by atoms with van der Waals surface area (Å²) < 4.78 is 0. The van der Waals surface area contributed by atoms with Gasteiger partial charge in [-0.1, -0.05) is 196 Å². The number of fused-ring (bicyclic) bond motifs is 11. The van der Waals surface area contributed by atoms with Crippen LogP contribution in [0.5, 0.6) is 0 Å². The molecule has 4 aliphatic rings. The van der Waals surface area contributed by atoms with Gasteiger partial charge in [0.1, 0.15) is 0 Å². The normalized spacial score (nSPS) is 19.2. The van der Waals surface area contributed by atoms with Crippen LogP contribution >= 0.6 is 0 Å². The molecule has 0 radical (unpaired) electrons. The van der Waals surface area contributed by atoms with Gasteiger partial charge in [-0.05, 0) is 157 Å². The minimum atomic E-state index is -0.123. The molecule has 2 saturated carbocycles. The minimum absolute atomic E-state index is 0.0779. The summed E-state index contributed by atoms with van der Waals surface area (Å²) >= 11 is 0. The average molecular weight is 834 g/mol. The molecule has 3 atom stereocenters. The van der Waals surface area contributed by atoms with Crippen LogP contribution in [0.3, 0.4) is 0 Å². The Morgan fingerprint density at radius 1 is 0.369 bits per heavy atom. The van der Waals surface area contributed by atoms with E-state index in [0.717, 1.165) is 17.3 Å². The van der Waals surface area contributed by atoms with Crippen LogP contribution in [-0.2, 0) is 10.8 Å². The Balaban J connectivity index is 1.00. The zero-order valence-electron chi connectivity index (χ0n) is 37.1. The number of hydrogen-bond donors (Lipinski definition) is 0. The summed E-state index contributed by atoms with van der Waals surface area (Å²) in [7, 11) is 0. The van der Waals surface area contributed by atoms with Crippen LogP contribution in [-0.4, -0.2) is 0 Å². The summed E-state index contributed by atoms with van der Waals surface area (Å²) in [6.07, 6.45) is 5.30. The maximum atomic E-state index is 2.60. The van der Waals surface area contributed by atoms with E-state index in [4.69, 9.17) is 0 Å². The first-order valence-electron chi connectivity index (χ1n) is 23.7. The average Bonchev–Trinajstić information content (AvgIpc) is 4.12. The van der Waals surface area contributed by atoms with Crippen LogP contribution in [0.4, 0.5) is 17.1 Å². The van der Waals surface area contributed by atoms with Crippen LogP contribution in [0.25, 0.3) is 66.8 Å². The van der Waals surface area contributed by atoms with Gasteiger partial charge >= 0.3 is 0 Å². The van der Waals surface area contributed by atoms with E-state index >= 15 is 0 Å². The molecule has 0 saturated heterocycles. The van der Waals surface area contributed by atoms with Crippen molar-refractivity contribution in [2.75, 3.05) is 4.90 Å². The summed E-state index contributed by atoms with van der Waals surface area (Å²) in [6.45, 7) is 4.79. The Labute approximate surface area is 383 Å². The van der Waals surface area contributed by atoms with Gasteiger partial charge < -0.3 is 4.90 Å². The maximum Gasteiger partial charge on any atom is 0.0468 e. The maximum absolute atomic E-state index is 2.60. The van der Waals surface area contributed by atoms with Crippen molar-refractivity contribution < 1.29 is 0 Å². The van der Waals surface area contributed by atoms with Crippen LogP contribution in [0.1, 0.15) is 61.8 Å². The monoisotopic (exact) mass is 833 g/mol. The smallest absolute Gasteiger partial charge is 0.0468 e. The van der Waals surface area contributed by atoms with E-state index in [1.165, 1.54) is 115 Å². The summed E-state index contributed by atoms with van der Waals surface area (Å²) in [5.74, 6) is 1.49. The van der Waals surface area contributed by atoms with Gasteiger partial charge in [0.15, 0.2) is 0 Å². The third kappa shape index (κ3) is 5.84. The van der Waals surface area contributed by atoms with Gasteiger partial charge in [0.2, 0.25) is 0 Å². The first-order valence-corrected chi connectivity index (χ1v) is 23.7. The zero-order valence-corrected chi connectivity index (χ0v) is 37.1. The number of hydrogen-bond acceptors (Lipinski definition) is 1. The second kappa shape index (κ2) is 14.7. The Hall–Kier alpha value is -7.22. The van der Waals surface area contributed by atoms with E-state index in [-0.39, 0.29) is 10.8 Å². The third-order valence-corrected chi connectivity index (χ3v) is 15.9. The first-order chi connectivity index (χ1) is 32.0. The molecule has 312 valence electrons. The van der Waals surface area contributed by atoms with Crippen LogP contribution in [0, 0.1) is 11.8 Å². The summed E-state index contributed by atoms with van der Waals surface area (Å²) in [5.41, 5.74) is 24.8. The van der Waals surface area contributed by atoms with Gasteiger partial charge in [0, 0.05) is 27.9 Å². The molecule has 0 heterocycles. The molecule has 3 unspecified atom stereocenters. The summed E-state index contributed by atoms with van der Waals surface area (Å²) in [6, 6.07) is 79.9. The second-order valence-electron chi connectivity index (χ2n) is 19.7. The molecule has 0 amide bonds. The van der Waals surface area contributed by atoms with E-state index in [0.29, 0.717) is 5.92 Å². The van der Waals surface area contributed by atoms with Crippen LogP contribution in [0.15, 0.2) is 212 Å². The van der Waals surface area contributed by atoms with Gasteiger partial charge in [-0.3, -0.25) is 0 Å². The fourth-order valence-electron chi connectivity index (χ4n) is 13.1. The number of rotatable bonds is 7. The minimum Gasteiger partial charge on any atom is -0.310 e. The lowest BCUT2D eigenvalue weighted by Crippen LogP contribution is -2.32. The third-order valence-electron chi connectivity index (χ3n) is 15.9. The Morgan fingerprint density at radius 3 is 1.65 bits per heavy atom. The van der Waals surface area contributed by atoms with Crippen molar-refractivity contribution in [1.29, 1.82) is 0 Å². The summed E-state index contributed by atoms with van der Waals surface area (Å²) in [4.78, 5) is 2.55. The topological polar surface area (TPSA) is 3.24 Å². The quantitative estimate of drug-likeness (QED) is 0.155. The number of nitrogens with zero attached hydrogens (tertiary/aromatic N) is 1.